The fourth-order valence-corrected chi connectivity index (χ4v) is 7.62. The SMILES string of the molecule is c1ccc(-c2nc(-c3cccc4c3oc3ccccc34)nc(-c3cc4ccc5ccccc5c4c4oc5ccc6ccccc6c5c34)n2)cc1. The second kappa shape index (κ2) is 10.3. The van der Waals surface area contributed by atoms with Crippen LogP contribution in [-0.2, 0) is 0 Å². The summed E-state index contributed by atoms with van der Waals surface area (Å²) in [6.07, 6.45) is 0. The van der Waals surface area contributed by atoms with Gasteiger partial charge in [-0.15, -0.1) is 0 Å². The number of benzene rings is 8. The van der Waals surface area contributed by atoms with Crippen LogP contribution in [0.1, 0.15) is 0 Å². The van der Waals surface area contributed by atoms with Crippen LogP contribution < -0.4 is 0 Å². The van der Waals surface area contributed by atoms with E-state index in [1.54, 1.807) is 0 Å². The Morgan fingerprint density at radius 2 is 0.940 bits per heavy atom. The number of aromatic nitrogens is 3. The van der Waals surface area contributed by atoms with Crippen LogP contribution in [0.15, 0.2) is 160 Å². The van der Waals surface area contributed by atoms with Gasteiger partial charge in [0.1, 0.15) is 22.3 Å². The fourth-order valence-electron chi connectivity index (χ4n) is 7.62. The number of hydrogen-bond donors (Lipinski definition) is 0. The van der Waals surface area contributed by atoms with Crippen molar-refractivity contribution in [2.75, 3.05) is 0 Å². The van der Waals surface area contributed by atoms with Crippen molar-refractivity contribution in [3.05, 3.63) is 152 Å². The van der Waals surface area contributed by atoms with Crippen molar-refractivity contribution in [2.24, 2.45) is 0 Å². The van der Waals surface area contributed by atoms with Crippen LogP contribution in [0, 0.1) is 0 Å². The van der Waals surface area contributed by atoms with Crippen molar-refractivity contribution >= 4 is 76.2 Å². The second-order valence-corrected chi connectivity index (χ2v) is 12.7. The van der Waals surface area contributed by atoms with Gasteiger partial charge >= 0.3 is 0 Å². The molecule has 11 aromatic rings. The summed E-state index contributed by atoms with van der Waals surface area (Å²) in [6, 6.07) is 52.1. The summed E-state index contributed by atoms with van der Waals surface area (Å²) in [7, 11) is 0. The van der Waals surface area contributed by atoms with Crippen LogP contribution in [0.2, 0.25) is 0 Å². The Labute approximate surface area is 285 Å². The third-order valence-corrected chi connectivity index (χ3v) is 9.89. The van der Waals surface area contributed by atoms with Gasteiger partial charge in [0.05, 0.1) is 5.56 Å². The first-order valence-corrected chi connectivity index (χ1v) is 16.7. The zero-order valence-electron chi connectivity index (χ0n) is 26.6. The zero-order chi connectivity index (χ0) is 32.8. The smallest absolute Gasteiger partial charge is 0.167 e. The summed E-state index contributed by atoms with van der Waals surface area (Å²) < 4.78 is 13.4. The van der Waals surface area contributed by atoms with Crippen molar-refractivity contribution in [3.63, 3.8) is 0 Å². The van der Waals surface area contributed by atoms with Crippen LogP contribution in [0.25, 0.3) is 110 Å². The van der Waals surface area contributed by atoms with Gasteiger partial charge < -0.3 is 8.83 Å². The van der Waals surface area contributed by atoms with E-state index in [-0.39, 0.29) is 0 Å². The lowest BCUT2D eigenvalue weighted by Gasteiger charge is -2.12. The Bertz CT molecular complexity index is 3160. The first-order chi connectivity index (χ1) is 24.8. The van der Waals surface area contributed by atoms with Crippen molar-refractivity contribution in [2.45, 2.75) is 0 Å². The van der Waals surface area contributed by atoms with E-state index in [2.05, 4.69) is 91.0 Å². The first kappa shape index (κ1) is 27.1. The molecule has 0 N–H and O–H groups in total. The molecular formula is C45H25N3O2. The molecule has 0 unspecified atom stereocenters. The molecule has 0 spiro atoms. The maximum absolute atomic E-state index is 6.88. The van der Waals surface area contributed by atoms with Gasteiger partial charge in [-0.1, -0.05) is 127 Å². The normalized spacial score (nSPS) is 12.0. The number of hydrogen-bond acceptors (Lipinski definition) is 5. The Kier molecular flexibility index (Phi) is 5.60. The highest BCUT2D eigenvalue weighted by Gasteiger charge is 2.23. The van der Waals surface area contributed by atoms with Gasteiger partial charge in [0.15, 0.2) is 17.5 Å². The molecule has 0 radical (unpaired) electrons. The highest BCUT2D eigenvalue weighted by atomic mass is 16.3. The molecule has 232 valence electrons. The van der Waals surface area contributed by atoms with Gasteiger partial charge in [0, 0.05) is 38.1 Å². The van der Waals surface area contributed by atoms with Gasteiger partial charge in [-0.05, 0) is 51.2 Å². The molecule has 0 amide bonds. The number of furan rings is 2. The van der Waals surface area contributed by atoms with E-state index in [9.17, 15) is 0 Å². The molecule has 0 aliphatic rings. The molecule has 5 heteroatoms. The molecule has 0 saturated heterocycles. The summed E-state index contributed by atoms with van der Waals surface area (Å²) in [5, 5.41) is 10.8. The summed E-state index contributed by atoms with van der Waals surface area (Å²) in [4.78, 5) is 15.6. The average Bonchev–Trinajstić information content (AvgIpc) is 3.77. The monoisotopic (exact) mass is 639 g/mol. The molecular weight excluding hydrogens is 615 g/mol. The molecule has 0 aliphatic carbocycles. The summed E-state index contributed by atoms with van der Waals surface area (Å²) in [5.74, 6) is 1.70. The molecule has 0 fully saturated rings. The Morgan fingerprint density at radius 1 is 0.340 bits per heavy atom. The Balaban J connectivity index is 1.30. The topological polar surface area (TPSA) is 65.0 Å². The van der Waals surface area contributed by atoms with E-state index in [1.807, 2.05) is 60.7 Å². The fraction of sp³-hybridized carbons (Fsp3) is 0. The van der Waals surface area contributed by atoms with Crippen LogP contribution in [0.5, 0.6) is 0 Å². The average molecular weight is 640 g/mol. The highest BCUT2D eigenvalue weighted by Crippen LogP contribution is 2.45. The van der Waals surface area contributed by atoms with Crippen molar-refractivity contribution in [1.82, 2.24) is 15.0 Å². The lowest BCUT2D eigenvalue weighted by atomic mass is 9.94. The maximum atomic E-state index is 6.88. The molecule has 8 aromatic carbocycles. The number of fused-ring (bicyclic) bond motifs is 12. The van der Waals surface area contributed by atoms with Crippen LogP contribution in [0.4, 0.5) is 0 Å². The van der Waals surface area contributed by atoms with Crippen LogP contribution >= 0.6 is 0 Å². The van der Waals surface area contributed by atoms with Gasteiger partial charge in [-0.25, -0.2) is 15.0 Å². The lowest BCUT2D eigenvalue weighted by Crippen LogP contribution is -2.01. The summed E-state index contributed by atoms with van der Waals surface area (Å²) in [6.45, 7) is 0. The zero-order valence-corrected chi connectivity index (χ0v) is 26.6. The molecule has 0 saturated carbocycles. The van der Waals surface area contributed by atoms with E-state index in [1.165, 1.54) is 0 Å². The van der Waals surface area contributed by atoms with Crippen molar-refractivity contribution < 1.29 is 8.83 Å². The van der Waals surface area contributed by atoms with E-state index in [4.69, 9.17) is 23.8 Å². The highest BCUT2D eigenvalue weighted by molar-refractivity contribution is 6.30. The van der Waals surface area contributed by atoms with Crippen molar-refractivity contribution in [1.29, 1.82) is 0 Å². The molecule has 0 aliphatic heterocycles. The maximum Gasteiger partial charge on any atom is 0.167 e. The van der Waals surface area contributed by atoms with Gasteiger partial charge in [-0.2, -0.15) is 0 Å². The minimum atomic E-state index is 0.544. The predicted molar refractivity (Wildman–Crippen MR) is 203 cm³/mol. The van der Waals surface area contributed by atoms with E-state index >= 15 is 0 Å². The Morgan fingerprint density at radius 3 is 1.76 bits per heavy atom. The molecule has 5 nitrogen and oxygen atoms in total. The van der Waals surface area contributed by atoms with Gasteiger partial charge in [-0.3, -0.25) is 0 Å². The first-order valence-electron chi connectivity index (χ1n) is 16.7. The van der Waals surface area contributed by atoms with Gasteiger partial charge in [0.2, 0.25) is 0 Å². The number of nitrogens with zero attached hydrogens (tertiary/aromatic N) is 3. The molecule has 0 atom stereocenters. The summed E-state index contributed by atoms with van der Waals surface area (Å²) >= 11 is 0. The third-order valence-electron chi connectivity index (χ3n) is 9.89. The minimum absolute atomic E-state index is 0.544. The minimum Gasteiger partial charge on any atom is -0.455 e. The van der Waals surface area contributed by atoms with E-state index in [0.29, 0.717) is 17.5 Å². The number of para-hydroxylation sites is 2. The quantitative estimate of drug-likeness (QED) is 0.180. The molecule has 3 heterocycles. The van der Waals surface area contributed by atoms with Crippen molar-refractivity contribution in [3.8, 4) is 34.2 Å². The molecule has 11 rings (SSSR count). The molecule has 3 aromatic heterocycles. The summed E-state index contributed by atoms with van der Waals surface area (Å²) in [5.41, 5.74) is 5.82. The Hall–Kier alpha value is -6.85. The molecule has 50 heavy (non-hydrogen) atoms. The standard InChI is InChI=1S/C45H25N3O2/c1-2-13-28(14-3-1)43-46-44(34-19-10-18-33-32-17-8-9-20-36(32)49-41(33)34)48-45(47-43)35-25-29-22-21-26-11-4-6-15-30(26)38(29)42-40(35)39-31-16-7-5-12-27(31)23-24-37(39)50-42/h1-25H. The van der Waals surface area contributed by atoms with Gasteiger partial charge in [0.25, 0.3) is 0 Å². The van der Waals surface area contributed by atoms with E-state index in [0.717, 1.165) is 92.9 Å². The predicted octanol–water partition coefficient (Wildman–Crippen LogP) is 12.1. The second-order valence-electron chi connectivity index (χ2n) is 12.7. The molecule has 0 bridgehead atoms. The largest absolute Gasteiger partial charge is 0.455 e. The lowest BCUT2D eigenvalue weighted by molar-refractivity contribution is 0.669. The third kappa shape index (κ3) is 3.92. The van der Waals surface area contributed by atoms with E-state index < -0.39 is 0 Å². The number of rotatable bonds is 3. The van der Waals surface area contributed by atoms with Crippen LogP contribution in [0.3, 0.4) is 0 Å². The van der Waals surface area contributed by atoms with Crippen LogP contribution in [-0.4, -0.2) is 15.0 Å².